The molecule has 1 aliphatic heterocycles. The van der Waals surface area contributed by atoms with Crippen molar-refractivity contribution in [3.63, 3.8) is 0 Å². The summed E-state index contributed by atoms with van der Waals surface area (Å²) < 4.78 is 24.5. The van der Waals surface area contributed by atoms with E-state index in [1.807, 2.05) is 6.20 Å². The smallest absolute Gasteiger partial charge is 0.263 e. The molecule has 3 aromatic rings. The standard InChI is InChI=1S/C16H14ClFN4O2/c17-16-21-14-13(23-6-4-19-14)15(22-16)24-5-3-9-8-20-12-7-10(18)1-2-11(9)12/h1-2,7-8,20H,3-6H2,(H,19,21,22). The number of anilines is 1. The topological polar surface area (TPSA) is 72.1 Å². The lowest BCUT2D eigenvalue weighted by Crippen LogP contribution is -2.20. The van der Waals surface area contributed by atoms with Crippen molar-refractivity contribution in [3.8, 4) is 11.6 Å². The fraction of sp³-hybridized carbons (Fsp3) is 0.250. The van der Waals surface area contributed by atoms with E-state index in [9.17, 15) is 4.39 Å². The minimum absolute atomic E-state index is 0.101. The minimum Gasteiger partial charge on any atom is -0.483 e. The fourth-order valence-electron chi connectivity index (χ4n) is 2.70. The van der Waals surface area contributed by atoms with Gasteiger partial charge in [-0.2, -0.15) is 9.97 Å². The molecule has 0 bridgehead atoms. The van der Waals surface area contributed by atoms with Crippen LogP contribution in [0.25, 0.3) is 10.9 Å². The Kier molecular flexibility index (Phi) is 3.86. The van der Waals surface area contributed by atoms with Crippen LogP contribution in [0.15, 0.2) is 24.4 Å². The third-order valence-corrected chi connectivity index (χ3v) is 3.96. The second-order valence-electron chi connectivity index (χ2n) is 5.35. The van der Waals surface area contributed by atoms with Crippen molar-refractivity contribution in [2.24, 2.45) is 0 Å². The first-order chi connectivity index (χ1) is 11.7. The maximum atomic E-state index is 13.2. The van der Waals surface area contributed by atoms with Gasteiger partial charge in [0.25, 0.3) is 5.88 Å². The van der Waals surface area contributed by atoms with E-state index in [0.29, 0.717) is 43.6 Å². The predicted octanol–water partition coefficient (Wildman–Crippen LogP) is 3.18. The largest absolute Gasteiger partial charge is 0.483 e. The first-order valence-electron chi connectivity index (χ1n) is 7.53. The Morgan fingerprint density at radius 3 is 3.17 bits per heavy atom. The first-order valence-corrected chi connectivity index (χ1v) is 7.91. The molecule has 4 rings (SSSR count). The second kappa shape index (κ2) is 6.16. The molecule has 0 aliphatic carbocycles. The lowest BCUT2D eigenvalue weighted by molar-refractivity contribution is 0.261. The number of fused-ring (bicyclic) bond motifs is 2. The summed E-state index contributed by atoms with van der Waals surface area (Å²) in [7, 11) is 0. The molecule has 2 N–H and O–H groups in total. The molecule has 24 heavy (non-hydrogen) atoms. The van der Waals surface area contributed by atoms with Crippen molar-refractivity contribution >= 4 is 28.3 Å². The number of hydrogen-bond donors (Lipinski definition) is 2. The van der Waals surface area contributed by atoms with Gasteiger partial charge in [-0.25, -0.2) is 4.39 Å². The monoisotopic (exact) mass is 348 g/mol. The van der Waals surface area contributed by atoms with Crippen LogP contribution in [0.2, 0.25) is 5.28 Å². The molecule has 1 aromatic carbocycles. The molecule has 0 spiro atoms. The SMILES string of the molecule is Fc1ccc2c(CCOc3nc(Cl)nc4c3OCCN4)c[nH]c2c1. The van der Waals surface area contributed by atoms with Gasteiger partial charge in [0.2, 0.25) is 11.0 Å². The average Bonchev–Trinajstić information content (AvgIpc) is 2.97. The Morgan fingerprint density at radius 2 is 2.25 bits per heavy atom. The summed E-state index contributed by atoms with van der Waals surface area (Å²) in [6.45, 7) is 1.56. The van der Waals surface area contributed by atoms with Crippen LogP contribution >= 0.6 is 11.6 Å². The molecule has 2 aromatic heterocycles. The van der Waals surface area contributed by atoms with Gasteiger partial charge >= 0.3 is 0 Å². The van der Waals surface area contributed by atoms with Crippen LogP contribution in [-0.4, -0.2) is 34.7 Å². The maximum absolute atomic E-state index is 13.2. The van der Waals surface area contributed by atoms with Crippen LogP contribution in [0.3, 0.4) is 0 Å². The Balaban J connectivity index is 1.50. The number of ether oxygens (including phenoxy) is 2. The molecule has 1 aliphatic rings. The maximum Gasteiger partial charge on any atom is 0.263 e. The van der Waals surface area contributed by atoms with Crippen molar-refractivity contribution in [2.75, 3.05) is 25.1 Å². The van der Waals surface area contributed by atoms with Gasteiger partial charge in [-0.05, 0) is 35.4 Å². The summed E-state index contributed by atoms with van der Waals surface area (Å²) in [5.74, 6) is 1.08. The van der Waals surface area contributed by atoms with Crippen molar-refractivity contribution in [3.05, 3.63) is 41.1 Å². The number of H-pyrrole nitrogens is 1. The summed E-state index contributed by atoms with van der Waals surface area (Å²) in [6.07, 6.45) is 2.49. The zero-order chi connectivity index (χ0) is 16.5. The Hall–Kier alpha value is -2.54. The van der Waals surface area contributed by atoms with Crippen LogP contribution in [0.4, 0.5) is 10.2 Å². The van der Waals surface area contributed by atoms with E-state index < -0.39 is 0 Å². The van der Waals surface area contributed by atoms with Crippen LogP contribution in [0.5, 0.6) is 11.6 Å². The summed E-state index contributed by atoms with van der Waals surface area (Å²) >= 11 is 5.91. The third-order valence-electron chi connectivity index (χ3n) is 3.79. The Labute approximate surface area is 142 Å². The summed E-state index contributed by atoms with van der Waals surface area (Å²) in [5.41, 5.74) is 1.80. The van der Waals surface area contributed by atoms with Crippen LogP contribution in [0.1, 0.15) is 5.56 Å². The molecule has 3 heterocycles. The molecule has 0 fully saturated rings. The van der Waals surface area contributed by atoms with E-state index in [1.165, 1.54) is 12.1 Å². The molecular weight excluding hydrogens is 335 g/mol. The summed E-state index contributed by atoms with van der Waals surface area (Å²) in [4.78, 5) is 11.2. The molecule has 124 valence electrons. The molecular formula is C16H14ClFN4O2. The molecule has 8 heteroatoms. The van der Waals surface area contributed by atoms with Gasteiger partial charge in [0.15, 0.2) is 5.82 Å². The summed E-state index contributed by atoms with van der Waals surface area (Å²) in [6, 6.07) is 4.67. The zero-order valence-electron chi connectivity index (χ0n) is 12.6. The van der Waals surface area contributed by atoms with E-state index in [1.54, 1.807) is 6.07 Å². The van der Waals surface area contributed by atoms with Crippen LogP contribution in [-0.2, 0) is 6.42 Å². The lowest BCUT2D eigenvalue weighted by Gasteiger charge is -2.20. The highest BCUT2D eigenvalue weighted by molar-refractivity contribution is 6.28. The van der Waals surface area contributed by atoms with Crippen molar-refractivity contribution in [2.45, 2.75) is 6.42 Å². The number of nitrogens with zero attached hydrogens (tertiary/aromatic N) is 2. The molecule has 6 nitrogen and oxygen atoms in total. The Morgan fingerprint density at radius 1 is 1.33 bits per heavy atom. The van der Waals surface area contributed by atoms with Gasteiger partial charge in [0.05, 0.1) is 13.2 Å². The molecule has 0 unspecified atom stereocenters. The Bertz CT molecular complexity index is 899. The van der Waals surface area contributed by atoms with Gasteiger partial charge in [0.1, 0.15) is 12.4 Å². The lowest BCUT2D eigenvalue weighted by atomic mass is 10.1. The molecule has 0 radical (unpaired) electrons. The van der Waals surface area contributed by atoms with Gasteiger partial charge < -0.3 is 19.8 Å². The first kappa shape index (κ1) is 15.0. The minimum atomic E-state index is -0.265. The van der Waals surface area contributed by atoms with Crippen molar-refractivity contribution < 1.29 is 13.9 Å². The average molecular weight is 349 g/mol. The quantitative estimate of drug-likeness (QED) is 0.708. The fourth-order valence-corrected chi connectivity index (χ4v) is 2.86. The van der Waals surface area contributed by atoms with E-state index >= 15 is 0 Å². The van der Waals surface area contributed by atoms with E-state index in [2.05, 4.69) is 20.3 Å². The molecule has 0 amide bonds. The highest BCUT2D eigenvalue weighted by Crippen LogP contribution is 2.35. The van der Waals surface area contributed by atoms with Gasteiger partial charge in [-0.15, -0.1) is 0 Å². The number of halogens is 2. The number of nitrogens with one attached hydrogen (secondary N) is 2. The van der Waals surface area contributed by atoms with E-state index in [4.69, 9.17) is 21.1 Å². The third kappa shape index (κ3) is 2.82. The van der Waals surface area contributed by atoms with Gasteiger partial charge in [-0.3, -0.25) is 0 Å². The number of aromatic amines is 1. The zero-order valence-corrected chi connectivity index (χ0v) is 13.4. The van der Waals surface area contributed by atoms with Crippen LogP contribution in [0, 0.1) is 5.82 Å². The van der Waals surface area contributed by atoms with Gasteiger partial charge in [0, 0.05) is 23.5 Å². The predicted molar refractivity (Wildman–Crippen MR) is 88.5 cm³/mol. The van der Waals surface area contributed by atoms with Crippen LogP contribution < -0.4 is 14.8 Å². The summed E-state index contributed by atoms with van der Waals surface area (Å²) in [5, 5.41) is 4.17. The molecule has 0 saturated carbocycles. The van der Waals surface area contributed by atoms with Crippen molar-refractivity contribution in [1.82, 2.24) is 15.0 Å². The normalized spacial score (nSPS) is 13.2. The number of hydrogen-bond acceptors (Lipinski definition) is 5. The highest BCUT2D eigenvalue weighted by atomic mass is 35.5. The van der Waals surface area contributed by atoms with E-state index in [-0.39, 0.29) is 11.1 Å². The van der Waals surface area contributed by atoms with Gasteiger partial charge in [-0.1, -0.05) is 0 Å². The molecule has 0 saturated heterocycles. The van der Waals surface area contributed by atoms with E-state index in [0.717, 1.165) is 16.5 Å². The second-order valence-corrected chi connectivity index (χ2v) is 5.69. The van der Waals surface area contributed by atoms with Crippen molar-refractivity contribution in [1.29, 1.82) is 0 Å². The highest BCUT2D eigenvalue weighted by Gasteiger charge is 2.20. The number of rotatable bonds is 4. The molecule has 0 atom stereocenters. The number of aromatic nitrogens is 3. The number of benzene rings is 1.